The summed E-state index contributed by atoms with van der Waals surface area (Å²) >= 11 is 0. The Kier molecular flexibility index (Phi) is 17.1. The number of hydrogen-bond acceptors (Lipinski definition) is 6. The fraction of sp³-hybridized carbons (Fsp3) is 0.533. The lowest BCUT2D eigenvalue weighted by atomic mass is 10.2. The standard InChI is InChI=1S/2C13H22N.C4H6O6/c2*1-4-14(5-2,6-3)12-13-10-8-7-9-11-13;5-1(3(7)8)2(6)4(9)10/h2*7-11H,4-6,12H2,1-3H3;1-2,5-6H,(H,7,8)(H,9,10)/q2*+1;/p-2. The highest BCUT2D eigenvalue weighted by Gasteiger charge is 2.21. The number of aliphatic hydroxyl groups is 2. The summed E-state index contributed by atoms with van der Waals surface area (Å²) in [4.78, 5) is 19.3. The third kappa shape index (κ3) is 12.2. The highest BCUT2D eigenvalue weighted by Crippen LogP contribution is 2.14. The number of benzene rings is 2. The molecule has 2 aromatic rings. The molecule has 0 saturated carbocycles. The van der Waals surface area contributed by atoms with Crippen LogP contribution in [0.15, 0.2) is 60.7 Å². The van der Waals surface area contributed by atoms with Crippen molar-refractivity contribution in [2.45, 2.75) is 66.8 Å². The third-order valence-corrected chi connectivity index (χ3v) is 7.53. The summed E-state index contributed by atoms with van der Waals surface area (Å²) in [6.45, 7) is 23.4. The maximum atomic E-state index is 9.63. The smallest absolute Gasteiger partial charge is 0.124 e. The Morgan fingerprint density at radius 1 is 0.579 bits per heavy atom. The van der Waals surface area contributed by atoms with Crippen LogP contribution in [0, 0.1) is 0 Å². The number of carbonyl (C=O) groups is 2. The molecule has 0 aliphatic carbocycles. The molecule has 0 radical (unpaired) electrons. The van der Waals surface area contributed by atoms with Crippen LogP contribution < -0.4 is 10.2 Å². The average Bonchev–Trinajstić information content (AvgIpc) is 2.95. The average molecular weight is 533 g/mol. The first-order valence-corrected chi connectivity index (χ1v) is 13.5. The number of aliphatic carboxylic acids is 2. The van der Waals surface area contributed by atoms with E-state index in [0.29, 0.717) is 0 Å². The van der Waals surface area contributed by atoms with Gasteiger partial charge in [-0.3, -0.25) is 0 Å². The second kappa shape index (κ2) is 18.5. The quantitative estimate of drug-likeness (QED) is 0.376. The molecule has 0 amide bonds. The van der Waals surface area contributed by atoms with Crippen molar-refractivity contribution in [2.75, 3.05) is 39.3 Å². The number of quaternary nitrogens is 2. The second-order valence-electron chi connectivity index (χ2n) is 9.40. The molecule has 2 rings (SSSR count). The van der Waals surface area contributed by atoms with Gasteiger partial charge < -0.3 is 39.0 Å². The fourth-order valence-corrected chi connectivity index (χ4v) is 4.21. The van der Waals surface area contributed by atoms with Crippen molar-refractivity contribution in [1.82, 2.24) is 0 Å². The number of carboxylic acid groups (broad SMARTS) is 2. The van der Waals surface area contributed by atoms with Gasteiger partial charge in [-0.15, -0.1) is 0 Å². The molecule has 214 valence electrons. The number of nitrogens with zero attached hydrogens (tertiary/aromatic N) is 2. The maximum absolute atomic E-state index is 9.63. The molecule has 0 aliphatic heterocycles. The molecule has 2 N–H and O–H groups in total. The van der Waals surface area contributed by atoms with Crippen molar-refractivity contribution in [3.05, 3.63) is 71.8 Å². The minimum atomic E-state index is -2.44. The summed E-state index contributed by atoms with van der Waals surface area (Å²) in [6, 6.07) is 21.6. The van der Waals surface area contributed by atoms with Gasteiger partial charge >= 0.3 is 0 Å². The lowest BCUT2D eigenvalue weighted by Crippen LogP contribution is -2.51. The molecule has 8 nitrogen and oxygen atoms in total. The Labute approximate surface area is 229 Å². The Morgan fingerprint density at radius 3 is 1.00 bits per heavy atom. The van der Waals surface area contributed by atoms with E-state index >= 15 is 0 Å². The fourth-order valence-electron chi connectivity index (χ4n) is 4.21. The van der Waals surface area contributed by atoms with Crippen molar-refractivity contribution >= 4 is 11.9 Å². The molecular weight excluding hydrogens is 484 g/mol. The van der Waals surface area contributed by atoms with Crippen molar-refractivity contribution in [1.29, 1.82) is 0 Å². The molecule has 0 saturated heterocycles. The molecule has 0 bridgehead atoms. The minimum absolute atomic E-state index is 1.17. The van der Waals surface area contributed by atoms with Gasteiger partial charge in [0.2, 0.25) is 0 Å². The molecule has 0 fully saturated rings. The first-order valence-electron chi connectivity index (χ1n) is 13.5. The Hall–Kier alpha value is -2.78. The summed E-state index contributed by atoms with van der Waals surface area (Å²) in [7, 11) is 0. The van der Waals surface area contributed by atoms with Gasteiger partial charge in [0.15, 0.2) is 0 Å². The molecule has 0 aliphatic rings. The van der Waals surface area contributed by atoms with E-state index in [2.05, 4.69) is 102 Å². The van der Waals surface area contributed by atoms with E-state index in [0.717, 1.165) is 0 Å². The van der Waals surface area contributed by atoms with Crippen LogP contribution in [0.4, 0.5) is 0 Å². The first kappa shape index (κ1) is 35.2. The lowest BCUT2D eigenvalue weighted by molar-refractivity contribution is -0.936. The highest BCUT2D eigenvalue weighted by molar-refractivity contribution is 5.80. The maximum Gasteiger partial charge on any atom is 0.124 e. The zero-order valence-corrected chi connectivity index (χ0v) is 24.0. The lowest BCUT2D eigenvalue weighted by Gasteiger charge is -2.35. The Morgan fingerprint density at radius 2 is 0.816 bits per heavy atom. The van der Waals surface area contributed by atoms with E-state index in [1.807, 2.05) is 0 Å². The Balaban J connectivity index is 0.000000551. The predicted molar refractivity (Wildman–Crippen MR) is 146 cm³/mol. The third-order valence-electron chi connectivity index (χ3n) is 7.53. The van der Waals surface area contributed by atoms with Crippen LogP contribution >= 0.6 is 0 Å². The van der Waals surface area contributed by atoms with E-state index < -0.39 is 24.1 Å². The highest BCUT2D eigenvalue weighted by atomic mass is 16.4. The molecule has 0 spiro atoms. The zero-order valence-electron chi connectivity index (χ0n) is 24.0. The van der Waals surface area contributed by atoms with Gasteiger partial charge in [-0.2, -0.15) is 0 Å². The van der Waals surface area contributed by atoms with Crippen LogP contribution in [0.3, 0.4) is 0 Å². The topological polar surface area (TPSA) is 121 Å². The second-order valence-corrected chi connectivity index (χ2v) is 9.40. The molecular formula is C30H48N2O6. The van der Waals surface area contributed by atoms with E-state index in [9.17, 15) is 19.8 Å². The summed E-state index contributed by atoms with van der Waals surface area (Å²) in [6.07, 6.45) is -4.88. The molecule has 0 aromatic heterocycles. The molecule has 2 aromatic carbocycles. The number of carboxylic acids is 2. The van der Waals surface area contributed by atoms with Gasteiger partial charge in [-0.1, -0.05) is 60.7 Å². The monoisotopic (exact) mass is 532 g/mol. The van der Waals surface area contributed by atoms with Crippen LogP contribution in [0.25, 0.3) is 0 Å². The van der Waals surface area contributed by atoms with Crippen LogP contribution in [-0.2, 0) is 22.7 Å². The van der Waals surface area contributed by atoms with Crippen molar-refractivity contribution in [3.63, 3.8) is 0 Å². The van der Waals surface area contributed by atoms with Gasteiger partial charge in [0, 0.05) is 11.1 Å². The van der Waals surface area contributed by atoms with Crippen LogP contribution in [-0.4, -0.2) is 82.6 Å². The van der Waals surface area contributed by atoms with E-state index in [-0.39, 0.29) is 0 Å². The number of rotatable bonds is 13. The van der Waals surface area contributed by atoms with Crippen LogP contribution in [0.5, 0.6) is 0 Å². The van der Waals surface area contributed by atoms with E-state index in [1.165, 1.54) is 72.5 Å². The Bertz CT molecular complexity index is 807. The van der Waals surface area contributed by atoms with Gasteiger partial charge in [-0.05, 0) is 41.5 Å². The van der Waals surface area contributed by atoms with Crippen LogP contribution in [0.2, 0.25) is 0 Å². The van der Waals surface area contributed by atoms with Crippen molar-refractivity contribution < 1.29 is 39.0 Å². The molecule has 8 heteroatoms. The zero-order chi connectivity index (χ0) is 29.2. The van der Waals surface area contributed by atoms with Gasteiger partial charge in [0.1, 0.15) is 25.3 Å². The summed E-state index contributed by atoms with van der Waals surface area (Å²) in [5, 5.41) is 35.7. The van der Waals surface area contributed by atoms with Gasteiger partial charge in [0.05, 0.1) is 51.2 Å². The summed E-state index contributed by atoms with van der Waals surface area (Å²) in [5.41, 5.74) is 2.91. The molecule has 2 unspecified atom stereocenters. The van der Waals surface area contributed by atoms with Crippen molar-refractivity contribution in [2.24, 2.45) is 0 Å². The SMILES string of the molecule is CC[N+](CC)(CC)Cc1ccccc1.CC[N+](CC)(CC)Cc1ccccc1.O=C([O-])C(O)C(O)C(=O)[O-]. The minimum Gasteiger partial charge on any atom is -0.547 e. The predicted octanol–water partition coefficient (Wildman–Crippen LogP) is 1.33. The van der Waals surface area contributed by atoms with Crippen LogP contribution in [0.1, 0.15) is 52.7 Å². The largest absolute Gasteiger partial charge is 0.547 e. The number of hydrogen-bond donors (Lipinski definition) is 2. The van der Waals surface area contributed by atoms with Gasteiger partial charge in [-0.25, -0.2) is 0 Å². The van der Waals surface area contributed by atoms with Crippen molar-refractivity contribution in [3.8, 4) is 0 Å². The number of aliphatic hydroxyl groups excluding tert-OH is 2. The van der Waals surface area contributed by atoms with Gasteiger partial charge in [0.25, 0.3) is 0 Å². The number of carbonyl (C=O) groups excluding carboxylic acids is 2. The van der Waals surface area contributed by atoms with E-state index in [1.54, 1.807) is 0 Å². The van der Waals surface area contributed by atoms with E-state index in [4.69, 9.17) is 10.2 Å². The summed E-state index contributed by atoms with van der Waals surface area (Å²) in [5.74, 6) is -4.12. The molecule has 2 atom stereocenters. The first-order chi connectivity index (χ1) is 18.0. The normalized spacial score (nSPS) is 12.7. The molecule has 0 heterocycles. The summed E-state index contributed by atoms with van der Waals surface area (Å²) < 4.78 is 2.40. The molecule has 38 heavy (non-hydrogen) atoms.